The van der Waals surface area contributed by atoms with Crippen molar-refractivity contribution in [1.29, 1.82) is 0 Å². The van der Waals surface area contributed by atoms with E-state index in [4.69, 9.17) is 0 Å². The summed E-state index contributed by atoms with van der Waals surface area (Å²) in [5.41, 5.74) is 2.04. The van der Waals surface area contributed by atoms with Gasteiger partial charge in [-0.05, 0) is 25.8 Å². The van der Waals surface area contributed by atoms with Crippen LogP contribution in [0.5, 0.6) is 0 Å². The number of nitrogens with one attached hydrogen (secondary N) is 1. The zero-order valence-electron chi connectivity index (χ0n) is 9.12. The lowest BCUT2D eigenvalue weighted by Gasteiger charge is -2.14. The molecule has 0 aromatic carbocycles. The van der Waals surface area contributed by atoms with Gasteiger partial charge in [0.15, 0.2) is 0 Å². The van der Waals surface area contributed by atoms with Crippen LogP contribution in [-0.4, -0.2) is 34.1 Å². The van der Waals surface area contributed by atoms with Gasteiger partial charge in [-0.25, -0.2) is 0 Å². The Morgan fingerprint density at radius 1 is 1.53 bits per heavy atom. The largest absolute Gasteiger partial charge is 0.343 e. The van der Waals surface area contributed by atoms with Crippen molar-refractivity contribution >= 4 is 5.91 Å². The Morgan fingerprint density at radius 3 is 2.87 bits per heavy atom. The third-order valence-electron chi connectivity index (χ3n) is 2.81. The van der Waals surface area contributed by atoms with Gasteiger partial charge in [0.05, 0.1) is 5.69 Å². The predicted molar refractivity (Wildman–Crippen MR) is 57.5 cm³/mol. The van der Waals surface area contributed by atoms with Crippen LogP contribution in [-0.2, 0) is 11.2 Å². The van der Waals surface area contributed by atoms with Crippen LogP contribution in [0.25, 0.3) is 0 Å². The molecule has 1 fully saturated rings. The third kappa shape index (κ3) is 2.58. The first-order valence-electron chi connectivity index (χ1n) is 5.54. The zero-order valence-corrected chi connectivity index (χ0v) is 9.12. The predicted octanol–water partition coefficient (Wildman–Crippen LogP) is 1.27. The lowest BCUT2D eigenvalue weighted by molar-refractivity contribution is -0.130. The van der Waals surface area contributed by atoms with Crippen LogP contribution in [0, 0.1) is 6.92 Å². The molecule has 0 atom stereocenters. The van der Waals surface area contributed by atoms with E-state index in [2.05, 4.69) is 10.2 Å². The maximum atomic E-state index is 11.7. The van der Waals surface area contributed by atoms with E-state index in [0.717, 1.165) is 43.7 Å². The Labute approximate surface area is 89.7 Å². The van der Waals surface area contributed by atoms with Crippen LogP contribution < -0.4 is 0 Å². The monoisotopic (exact) mass is 207 g/mol. The van der Waals surface area contributed by atoms with E-state index < -0.39 is 0 Å². The number of amides is 1. The first-order valence-corrected chi connectivity index (χ1v) is 5.54. The van der Waals surface area contributed by atoms with Crippen molar-refractivity contribution in [2.45, 2.75) is 32.6 Å². The molecular weight excluding hydrogens is 190 g/mol. The molecule has 1 aliphatic rings. The smallest absolute Gasteiger partial charge is 0.222 e. The summed E-state index contributed by atoms with van der Waals surface area (Å²) in [5.74, 6) is 0.271. The number of H-pyrrole nitrogens is 1. The van der Waals surface area contributed by atoms with Gasteiger partial charge in [0, 0.05) is 31.6 Å². The van der Waals surface area contributed by atoms with Crippen LogP contribution in [0.15, 0.2) is 6.07 Å². The summed E-state index contributed by atoms with van der Waals surface area (Å²) in [7, 11) is 0. The lowest BCUT2D eigenvalue weighted by atomic mass is 10.2. The number of rotatable bonds is 3. The molecule has 1 aromatic heterocycles. The Balaban J connectivity index is 1.80. The maximum absolute atomic E-state index is 11.7. The van der Waals surface area contributed by atoms with Crippen molar-refractivity contribution < 1.29 is 4.79 Å². The molecule has 1 N–H and O–H groups in total. The fourth-order valence-corrected chi connectivity index (χ4v) is 1.96. The average molecular weight is 207 g/mol. The summed E-state index contributed by atoms with van der Waals surface area (Å²) < 4.78 is 0. The highest BCUT2D eigenvalue weighted by Crippen LogP contribution is 2.10. The second kappa shape index (κ2) is 4.47. The molecule has 1 saturated heterocycles. The first kappa shape index (κ1) is 10.2. The van der Waals surface area contributed by atoms with Crippen molar-refractivity contribution in [2.24, 2.45) is 0 Å². The van der Waals surface area contributed by atoms with Crippen LogP contribution in [0.1, 0.15) is 30.7 Å². The summed E-state index contributed by atoms with van der Waals surface area (Å²) in [6, 6.07) is 2.00. The summed E-state index contributed by atoms with van der Waals surface area (Å²) >= 11 is 0. The maximum Gasteiger partial charge on any atom is 0.222 e. The number of aromatic nitrogens is 2. The number of nitrogens with zero attached hydrogens (tertiary/aromatic N) is 2. The molecule has 2 rings (SSSR count). The highest BCUT2D eigenvalue weighted by molar-refractivity contribution is 5.76. The standard InChI is InChI=1S/C11H17N3O/c1-9-8-10(13-12-9)4-5-11(15)14-6-2-3-7-14/h8H,2-7H2,1H3,(H,12,13). The Morgan fingerprint density at radius 2 is 2.27 bits per heavy atom. The second-order valence-electron chi connectivity index (χ2n) is 4.13. The number of carbonyl (C=O) groups excluding carboxylic acids is 1. The van der Waals surface area contributed by atoms with Gasteiger partial charge in [-0.2, -0.15) is 5.10 Å². The molecule has 0 aliphatic carbocycles. The van der Waals surface area contributed by atoms with Gasteiger partial charge >= 0.3 is 0 Å². The first-order chi connectivity index (χ1) is 7.25. The fourth-order valence-electron chi connectivity index (χ4n) is 1.96. The minimum atomic E-state index is 0.271. The molecule has 0 unspecified atom stereocenters. The molecule has 4 nitrogen and oxygen atoms in total. The molecular formula is C11H17N3O. The number of hydrogen-bond donors (Lipinski definition) is 1. The van der Waals surface area contributed by atoms with Crippen LogP contribution in [0.2, 0.25) is 0 Å². The van der Waals surface area contributed by atoms with Crippen molar-refractivity contribution in [3.8, 4) is 0 Å². The van der Waals surface area contributed by atoms with Gasteiger partial charge in [-0.1, -0.05) is 0 Å². The molecule has 4 heteroatoms. The topological polar surface area (TPSA) is 49.0 Å². The van der Waals surface area contributed by atoms with Gasteiger partial charge < -0.3 is 4.90 Å². The van der Waals surface area contributed by atoms with E-state index >= 15 is 0 Å². The molecule has 0 saturated carbocycles. The summed E-state index contributed by atoms with van der Waals surface area (Å²) in [4.78, 5) is 13.7. The van der Waals surface area contributed by atoms with Gasteiger partial charge in [0.25, 0.3) is 0 Å². The molecule has 1 amide bonds. The number of likely N-dealkylation sites (tertiary alicyclic amines) is 1. The SMILES string of the molecule is Cc1cc(CCC(=O)N2CCCC2)n[nH]1. The van der Waals surface area contributed by atoms with Gasteiger partial charge in [0.1, 0.15) is 0 Å². The minimum absolute atomic E-state index is 0.271. The van der Waals surface area contributed by atoms with Gasteiger partial charge in [-0.15, -0.1) is 0 Å². The highest BCUT2D eigenvalue weighted by atomic mass is 16.2. The van der Waals surface area contributed by atoms with E-state index in [1.165, 1.54) is 0 Å². The summed E-state index contributed by atoms with van der Waals surface area (Å²) in [5, 5.41) is 7.01. The van der Waals surface area contributed by atoms with Crippen LogP contribution >= 0.6 is 0 Å². The lowest BCUT2D eigenvalue weighted by Crippen LogP contribution is -2.27. The Bertz CT molecular complexity index is 339. The summed E-state index contributed by atoms with van der Waals surface area (Å²) in [6.45, 7) is 3.86. The number of aryl methyl sites for hydroxylation is 2. The average Bonchev–Trinajstić information content (AvgIpc) is 2.84. The molecule has 2 heterocycles. The minimum Gasteiger partial charge on any atom is -0.343 e. The van der Waals surface area contributed by atoms with Crippen molar-refractivity contribution in [2.75, 3.05) is 13.1 Å². The summed E-state index contributed by atoms with van der Waals surface area (Å²) in [6.07, 6.45) is 3.66. The fraction of sp³-hybridized carbons (Fsp3) is 0.636. The molecule has 15 heavy (non-hydrogen) atoms. The van der Waals surface area contributed by atoms with Crippen molar-refractivity contribution in [1.82, 2.24) is 15.1 Å². The number of aromatic amines is 1. The van der Waals surface area contributed by atoms with Crippen molar-refractivity contribution in [3.63, 3.8) is 0 Å². The van der Waals surface area contributed by atoms with E-state index in [0.29, 0.717) is 6.42 Å². The molecule has 1 aliphatic heterocycles. The van der Waals surface area contributed by atoms with E-state index in [-0.39, 0.29) is 5.91 Å². The molecule has 1 aromatic rings. The number of hydrogen-bond acceptors (Lipinski definition) is 2. The Hall–Kier alpha value is -1.32. The zero-order chi connectivity index (χ0) is 10.7. The van der Waals surface area contributed by atoms with E-state index in [9.17, 15) is 4.79 Å². The third-order valence-corrected chi connectivity index (χ3v) is 2.81. The molecule has 0 bridgehead atoms. The highest BCUT2D eigenvalue weighted by Gasteiger charge is 2.17. The number of carbonyl (C=O) groups is 1. The van der Waals surface area contributed by atoms with Gasteiger partial charge in [-0.3, -0.25) is 9.89 Å². The van der Waals surface area contributed by atoms with Crippen LogP contribution in [0.4, 0.5) is 0 Å². The molecule has 0 radical (unpaired) electrons. The normalized spacial score (nSPS) is 15.9. The molecule has 0 spiro atoms. The van der Waals surface area contributed by atoms with E-state index in [1.54, 1.807) is 0 Å². The Kier molecular flexibility index (Phi) is 3.04. The quantitative estimate of drug-likeness (QED) is 0.811. The second-order valence-corrected chi connectivity index (χ2v) is 4.13. The van der Waals surface area contributed by atoms with Gasteiger partial charge in [0.2, 0.25) is 5.91 Å². The van der Waals surface area contributed by atoms with Crippen LogP contribution in [0.3, 0.4) is 0 Å². The molecule has 82 valence electrons. The van der Waals surface area contributed by atoms with Crippen molar-refractivity contribution in [3.05, 3.63) is 17.5 Å². The van der Waals surface area contributed by atoms with E-state index in [1.807, 2.05) is 17.9 Å².